The molecule has 0 fully saturated rings. The summed E-state index contributed by atoms with van der Waals surface area (Å²) in [7, 11) is 0. The molecule has 3 nitrogen and oxygen atoms in total. The molecule has 166 valence electrons. The molecular weight excluding hydrogens is 403 g/mol. The van der Waals surface area contributed by atoms with Crippen molar-refractivity contribution in [1.82, 2.24) is 0 Å². The van der Waals surface area contributed by atoms with E-state index in [1.54, 1.807) is 30.3 Å². The molecule has 0 atom stereocenters. The van der Waals surface area contributed by atoms with Gasteiger partial charge in [0.05, 0.1) is 6.61 Å². The number of hydrogen-bond donors (Lipinski definition) is 1. The van der Waals surface area contributed by atoms with Crippen LogP contribution in [0.4, 0.5) is 4.39 Å². The third kappa shape index (κ3) is 5.92. The number of aliphatic hydroxyl groups is 1. The molecule has 3 aromatic carbocycles. The summed E-state index contributed by atoms with van der Waals surface area (Å²) >= 11 is 0. The number of esters is 1. The predicted octanol–water partition coefficient (Wildman–Crippen LogP) is 6.61. The first-order chi connectivity index (χ1) is 15.5. The fourth-order valence-electron chi connectivity index (χ4n) is 3.66. The molecule has 0 aliphatic carbocycles. The second-order valence-corrected chi connectivity index (χ2v) is 7.80. The Hall–Kier alpha value is -3.24. The van der Waals surface area contributed by atoms with Gasteiger partial charge < -0.3 is 9.84 Å². The van der Waals surface area contributed by atoms with Crippen LogP contribution in [0.15, 0.2) is 73.3 Å². The zero-order valence-electron chi connectivity index (χ0n) is 18.4. The average molecular weight is 433 g/mol. The number of unbranched alkanes of at least 4 members (excludes halogenated alkanes) is 2. The molecule has 0 radical (unpaired) electrons. The maximum Gasteiger partial charge on any atom is 0.330 e. The van der Waals surface area contributed by atoms with Gasteiger partial charge in [-0.25, -0.2) is 9.18 Å². The molecule has 0 aromatic heterocycles. The maximum atomic E-state index is 15.0. The first-order valence-corrected chi connectivity index (χ1v) is 11.0. The summed E-state index contributed by atoms with van der Waals surface area (Å²) in [6.45, 7) is 5.36. The summed E-state index contributed by atoms with van der Waals surface area (Å²) in [4.78, 5) is 11.4. The smallest absolute Gasteiger partial charge is 0.330 e. The van der Waals surface area contributed by atoms with Gasteiger partial charge >= 0.3 is 5.97 Å². The van der Waals surface area contributed by atoms with Crippen molar-refractivity contribution in [2.75, 3.05) is 0 Å². The van der Waals surface area contributed by atoms with Crippen LogP contribution in [0.2, 0.25) is 0 Å². The Morgan fingerprint density at radius 3 is 2.34 bits per heavy atom. The van der Waals surface area contributed by atoms with Crippen molar-refractivity contribution in [2.45, 2.75) is 45.8 Å². The number of halogens is 1. The Balaban J connectivity index is 1.81. The molecule has 4 heteroatoms. The second kappa shape index (κ2) is 11.4. The molecule has 3 rings (SSSR count). The van der Waals surface area contributed by atoms with Gasteiger partial charge in [-0.3, -0.25) is 0 Å². The van der Waals surface area contributed by atoms with Crippen molar-refractivity contribution < 1.29 is 19.0 Å². The fraction of sp³-hybridized carbons (Fsp3) is 0.250. The molecule has 1 N–H and O–H groups in total. The van der Waals surface area contributed by atoms with Gasteiger partial charge in [0.2, 0.25) is 0 Å². The van der Waals surface area contributed by atoms with Crippen molar-refractivity contribution in [3.8, 4) is 22.3 Å². The van der Waals surface area contributed by atoms with E-state index in [1.807, 2.05) is 18.2 Å². The lowest BCUT2D eigenvalue weighted by Gasteiger charge is -2.12. The molecule has 0 spiro atoms. The average Bonchev–Trinajstić information content (AvgIpc) is 2.83. The molecule has 0 saturated heterocycles. The van der Waals surface area contributed by atoms with Crippen molar-refractivity contribution >= 4 is 5.97 Å². The van der Waals surface area contributed by atoms with Gasteiger partial charge in [0.25, 0.3) is 0 Å². The summed E-state index contributed by atoms with van der Waals surface area (Å²) in [6, 6.07) is 18.7. The molecule has 0 unspecified atom stereocenters. The molecule has 0 aliphatic heterocycles. The van der Waals surface area contributed by atoms with E-state index in [1.165, 1.54) is 24.8 Å². The lowest BCUT2D eigenvalue weighted by atomic mass is 9.96. The van der Waals surface area contributed by atoms with Crippen LogP contribution < -0.4 is 0 Å². The van der Waals surface area contributed by atoms with Gasteiger partial charge in [-0.2, -0.15) is 0 Å². The topological polar surface area (TPSA) is 46.5 Å². The summed E-state index contributed by atoms with van der Waals surface area (Å²) in [5.74, 6) is -0.883. The Morgan fingerprint density at radius 1 is 0.969 bits per heavy atom. The quantitative estimate of drug-likeness (QED) is 0.223. The van der Waals surface area contributed by atoms with Gasteiger partial charge in [0, 0.05) is 11.6 Å². The lowest BCUT2D eigenvalue weighted by molar-refractivity contribution is -0.139. The SMILES string of the molecule is C=CC(=O)OCc1cc(-c2ccc(-c3ccc(CCCCC)cc3)cc2F)ccc1CO. The molecule has 32 heavy (non-hydrogen) atoms. The van der Waals surface area contributed by atoms with Crippen LogP contribution in [-0.2, 0) is 29.2 Å². The standard InChI is InChI=1S/C28H29FO3/c1-3-5-6-7-20-8-10-21(11-9-20)22-14-15-26(27(29)17-22)23-12-13-24(18-30)25(16-23)19-32-28(31)4-2/h4,8-17,30H,2-3,5-7,18-19H2,1H3. The van der Waals surface area contributed by atoms with Crippen molar-refractivity contribution in [3.05, 3.63) is 95.8 Å². The second-order valence-electron chi connectivity index (χ2n) is 7.80. The van der Waals surface area contributed by atoms with Crippen LogP contribution in [0.5, 0.6) is 0 Å². The van der Waals surface area contributed by atoms with Crippen LogP contribution in [0, 0.1) is 5.82 Å². The summed E-state index contributed by atoms with van der Waals surface area (Å²) in [5.41, 5.74) is 5.45. The summed E-state index contributed by atoms with van der Waals surface area (Å²) < 4.78 is 20.1. The van der Waals surface area contributed by atoms with Crippen LogP contribution in [0.3, 0.4) is 0 Å². The molecule has 0 aliphatic rings. The molecule has 0 bridgehead atoms. The number of benzene rings is 3. The number of aryl methyl sites for hydroxylation is 1. The van der Waals surface area contributed by atoms with Gasteiger partial charge in [-0.05, 0) is 58.4 Å². The van der Waals surface area contributed by atoms with Crippen molar-refractivity contribution in [3.63, 3.8) is 0 Å². The minimum atomic E-state index is -0.550. The molecule has 0 heterocycles. The highest BCUT2D eigenvalue weighted by molar-refractivity contribution is 5.81. The van der Waals surface area contributed by atoms with Gasteiger partial charge in [-0.15, -0.1) is 0 Å². The first-order valence-electron chi connectivity index (χ1n) is 11.0. The Morgan fingerprint density at radius 2 is 1.69 bits per heavy atom. The summed E-state index contributed by atoms with van der Waals surface area (Å²) in [6.07, 6.45) is 5.76. The monoisotopic (exact) mass is 432 g/mol. The zero-order chi connectivity index (χ0) is 22.9. The number of hydrogen-bond acceptors (Lipinski definition) is 3. The first kappa shape index (κ1) is 23.4. The van der Waals surface area contributed by atoms with Gasteiger partial charge in [-0.1, -0.05) is 74.9 Å². The number of ether oxygens (including phenoxy) is 1. The van der Waals surface area contributed by atoms with E-state index in [0.29, 0.717) is 22.3 Å². The van der Waals surface area contributed by atoms with E-state index < -0.39 is 5.97 Å². The van der Waals surface area contributed by atoms with Crippen LogP contribution in [0.25, 0.3) is 22.3 Å². The van der Waals surface area contributed by atoms with Crippen LogP contribution in [0.1, 0.15) is 42.9 Å². The predicted molar refractivity (Wildman–Crippen MR) is 126 cm³/mol. The Bertz CT molecular complexity index is 1070. The van der Waals surface area contributed by atoms with E-state index in [0.717, 1.165) is 23.6 Å². The van der Waals surface area contributed by atoms with Crippen LogP contribution in [-0.4, -0.2) is 11.1 Å². The third-order valence-electron chi connectivity index (χ3n) is 5.55. The van der Waals surface area contributed by atoms with E-state index in [4.69, 9.17) is 4.74 Å². The van der Waals surface area contributed by atoms with Crippen molar-refractivity contribution in [2.24, 2.45) is 0 Å². The number of rotatable bonds is 10. The summed E-state index contributed by atoms with van der Waals surface area (Å²) in [5, 5.41) is 9.56. The minimum Gasteiger partial charge on any atom is -0.458 e. The lowest BCUT2D eigenvalue weighted by Crippen LogP contribution is -2.03. The Labute approximate surface area is 189 Å². The molecule has 0 saturated carbocycles. The molecule has 3 aromatic rings. The number of carbonyl (C=O) groups excluding carboxylic acids is 1. The van der Waals surface area contributed by atoms with E-state index >= 15 is 4.39 Å². The Kier molecular flexibility index (Phi) is 8.34. The maximum absolute atomic E-state index is 15.0. The minimum absolute atomic E-state index is 0.0150. The van der Waals surface area contributed by atoms with E-state index in [2.05, 4.69) is 25.6 Å². The highest BCUT2D eigenvalue weighted by atomic mass is 19.1. The highest BCUT2D eigenvalue weighted by Gasteiger charge is 2.11. The van der Waals surface area contributed by atoms with Gasteiger partial charge in [0.1, 0.15) is 12.4 Å². The fourth-order valence-corrected chi connectivity index (χ4v) is 3.66. The van der Waals surface area contributed by atoms with Crippen LogP contribution >= 0.6 is 0 Å². The normalized spacial score (nSPS) is 10.7. The highest BCUT2D eigenvalue weighted by Crippen LogP contribution is 2.30. The number of carbonyl (C=O) groups is 1. The third-order valence-corrected chi connectivity index (χ3v) is 5.55. The van der Waals surface area contributed by atoms with E-state index in [9.17, 15) is 9.90 Å². The zero-order valence-corrected chi connectivity index (χ0v) is 18.4. The largest absolute Gasteiger partial charge is 0.458 e. The molecular formula is C28H29FO3. The van der Waals surface area contributed by atoms with E-state index in [-0.39, 0.29) is 19.0 Å². The molecule has 0 amide bonds. The van der Waals surface area contributed by atoms with Gasteiger partial charge in [0.15, 0.2) is 0 Å². The number of aliphatic hydroxyl groups excluding tert-OH is 1. The van der Waals surface area contributed by atoms with Crippen molar-refractivity contribution in [1.29, 1.82) is 0 Å².